The molecule has 1 aliphatic carbocycles. The van der Waals surface area contributed by atoms with E-state index in [0.29, 0.717) is 19.6 Å². The number of carbonyl (C=O) groups is 1. The Morgan fingerprint density at radius 1 is 1.33 bits per heavy atom. The fraction of sp³-hybridized carbons (Fsp3) is 0.526. The van der Waals surface area contributed by atoms with Gasteiger partial charge in [0.15, 0.2) is 0 Å². The molecule has 0 spiro atoms. The van der Waals surface area contributed by atoms with Crippen molar-refractivity contribution in [2.24, 2.45) is 5.73 Å². The topological polar surface area (TPSA) is 71.4 Å². The van der Waals surface area contributed by atoms with E-state index in [2.05, 4.69) is 11.1 Å². The average Bonchev–Trinajstić information content (AvgIpc) is 3.03. The number of hydrogen-bond acceptors (Lipinski definition) is 3. The molecule has 24 heavy (non-hydrogen) atoms. The van der Waals surface area contributed by atoms with E-state index in [1.807, 2.05) is 29.3 Å². The van der Waals surface area contributed by atoms with Gasteiger partial charge in [-0.15, -0.1) is 0 Å². The first-order chi connectivity index (χ1) is 11.7. The molecule has 1 aliphatic heterocycles. The Morgan fingerprint density at radius 3 is 3.08 bits per heavy atom. The molecule has 0 bridgehead atoms. The van der Waals surface area contributed by atoms with Gasteiger partial charge < -0.3 is 20.4 Å². The summed E-state index contributed by atoms with van der Waals surface area (Å²) in [7, 11) is 0. The van der Waals surface area contributed by atoms with Crippen LogP contribution in [0.4, 0.5) is 0 Å². The molecule has 2 heterocycles. The summed E-state index contributed by atoms with van der Waals surface area (Å²) in [6.07, 6.45) is 7.22. The van der Waals surface area contributed by atoms with E-state index in [1.165, 1.54) is 12.8 Å². The molecule has 1 amide bonds. The number of aromatic amines is 1. The number of para-hydroxylation sites is 1. The second kappa shape index (κ2) is 6.57. The number of nitrogens with two attached hydrogens (primary N) is 1. The minimum Gasteiger partial charge on any atom is -0.374 e. The summed E-state index contributed by atoms with van der Waals surface area (Å²) < 4.78 is 5.87. The van der Waals surface area contributed by atoms with Crippen molar-refractivity contribution in [3.05, 3.63) is 36.0 Å². The Kier molecular flexibility index (Phi) is 4.29. The van der Waals surface area contributed by atoms with Gasteiger partial charge in [-0.3, -0.25) is 4.79 Å². The van der Waals surface area contributed by atoms with Gasteiger partial charge in [0.1, 0.15) is 0 Å². The molecule has 2 aromatic rings. The van der Waals surface area contributed by atoms with E-state index in [0.717, 1.165) is 29.3 Å². The highest BCUT2D eigenvalue weighted by atomic mass is 16.5. The number of fused-ring (bicyclic) bond motifs is 2. The molecule has 0 radical (unpaired) electrons. The van der Waals surface area contributed by atoms with Gasteiger partial charge in [0.05, 0.1) is 24.8 Å². The lowest BCUT2D eigenvalue weighted by atomic mass is 9.89. The van der Waals surface area contributed by atoms with E-state index in [9.17, 15) is 4.79 Å². The van der Waals surface area contributed by atoms with Crippen molar-refractivity contribution >= 4 is 16.8 Å². The minimum absolute atomic E-state index is 0.0699. The van der Waals surface area contributed by atoms with Crippen LogP contribution in [0.5, 0.6) is 0 Å². The summed E-state index contributed by atoms with van der Waals surface area (Å²) in [4.78, 5) is 18.2. The predicted molar refractivity (Wildman–Crippen MR) is 93.7 cm³/mol. The van der Waals surface area contributed by atoms with Crippen molar-refractivity contribution in [1.29, 1.82) is 0 Å². The molecular weight excluding hydrogens is 302 g/mol. The van der Waals surface area contributed by atoms with Crippen LogP contribution in [-0.4, -0.2) is 47.1 Å². The molecule has 128 valence electrons. The van der Waals surface area contributed by atoms with Crippen molar-refractivity contribution in [2.75, 3.05) is 13.2 Å². The number of amides is 1. The number of morpholine rings is 1. The lowest BCUT2D eigenvalue weighted by Gasteiger charge is -2.44. The monoisotopic (exact) mass is 327 g/mol. The van der Waals surface area contributed by atoms with Crippen molar-refractivity contribution in [3.63, 3.8) is 0 Å². The Morgan fingerprint density at radius 2 is 2.17 bits per heavy atom. The van der Waals surface area contributed by atoms with Gasteiger partial charge >= 0.3 is 0 Å². The van der Waals surface area contributed by atoms with Crippen molar-refractivity contribution in [1.82, 2.24) is 9.88 Å². The number of carbonyl (C=O) groups excluding carboxylic acids is 1. The Bertz CT molecular complexity index is 724. The van der Waals surface area contributed by atoms with Gasteiger partial charge in [-0.05, 0) is 30.9 Å². The molecule has 1 saturated heterocycles. The van der Waals surface area contributed by atoms with Crippen LogP contribution < -0.4 is 5.73 Å². The van der Waals surface area contributed by atoms with Crippen LogP contribution in [0, 0.1) is 0 Å². The zero-order chi connectivity index (χ0) is 16.5. The molecule has 2 unspecified atom stereocenters. The van der Waals surface area contributed by atoms with E-state index in [4.69, 9.17) is 10.5 Å². The van der Waals surface area contributed by atoms with Crippen LogP contribution in [0.1, 0.15) is 31.2 Å². The maximum atomic E-state index is 13.0. The molecule has 3 atom stereocenters. The molecule has 2 aliphatic rings. The molecular formula is C19H25N3O2. The number of rotatable bonds is 3. The largest absolute Gasteiger partial charge is 0.374 e. The average molecular weight is 327 g/mol. The van der Waals surface area contributed by atoms with Crippen LogP contribution in [0.2, 0.25) is 0 Å². The second-order valence-corrected chi connectivity index (χ2v) is 6.96. The van der Waals surface area contributed by atoms with E-state index in [-0.39, 0.29) is 18.1 Å². The lowest BCUT2D eigenvalue weighted by Crippen LogP contribution is -2.58. The SMILES string of the molecule is N[C@@H](Cc1c[nH]c2ccccc12)C(=O)N1CCOC2CCCCC21. The summed E-state index contributed by atoms with van der Waals surface area (Å²) >= 11 is 0. The second-order valence-electron chi connectivity index (χ2n) is 6.96. The summed E-state index contributed by atoms with van der Waals surface area (Å²) in [5.74, 6) is 0.0699. The zero-order valence-corrected chi connectivity index (χ0v) is 13.9. The molecule has 5 nitrogen and oxygen atoms in total. The van der Waals surface area contributed by atoms with E-state index in [1.54, 1.807) is 0 Å². The maximum Gasteiger partial charge on any atom is 0.240 e. The van der Waals surface area contributed by atoms with Crippen LogP contribution in [0.3, 0.4) is 0 Å². The molecule has 1 saturated carbocycles. The van der Waals surface area contributed by atoms with Crippen LogP contribution >= 0.6 is 0 Å². The lowest BCUT2D eigenvalue weighted by molar-refractivity contribution is -0.150. The van der Waals surface area contributed by atoms with Gasteiger partial charge in [0.25, 0.3) is 0 Å². The van der Waals surface area contributed by atoms with Crippen LogP contribution in [0.25, 0.3) is 10.9 Å². The highest BCUT2D eigenvalue weighted by Gasteiger charge is 2.38. The normalized spacial score (nSPS) is 25.5. The third kappa shape index (κ3) is 2.82. The Hall–Kier alpha value is -1.85. The quantitative estimate of drug-likeness (QED) is 0.908. The number of aromatic nitrogens is 1. The molecule has 1 aromatic heterocycles. The van der Waals surface area contributed by atoms with Gasteiger partial charge in [0, 0.05) is 23.6 Å². The van der Waals surface area contributed by atoms with Crippen molar-refractivity contribution in [3.8, 4) is 0 Å². The number of nitrogens with zero attached hydrogens (tertiary/aromatic N) is 1. The third-order valence-corrected chi connectivity index (χ3v) is 5.45. The summed E-state index contributed by atoms with van der Waals surface area (Å²) in [6.45, 7) is 1.30. The number of nitrogens with one attached hydrogen (secondary N) is 1. The molecule has 3 N–H and O–H groups in total. The Labute approximate surface area is 142 Å². The van der Waals surface area contributed by atoms with Gasteiger partial charge in [-0.1, -0.05) is 31.0 Å². The van der Waals surface area contributed by atoms with Gasteiger partial charge in [0.2, 0.25) is 5.91 Å². The van der Waals surface area contributed by atoms with Crippen molar-refractivity contribution in [2.45, 2.75) is 50.3 Å². The Balaban J connectivity index is 1.49. The standard InChI is InChI=1S/C19H25N3O2/c20-15(11-13-12-21-16-6-2-1-5-14(13)16)19(23)22-9-10-24-18-8-4-3-7-17(18)22/h1-2,5-6,12,15,17-18,21H,3-4,7-11,20H2/t15-,17?,18?/m0/s1. The number of hydrogen-bond donors (Lipinski definition) is 2. The van der Waals surface area contributed by atoms with Gasteiger partial charge in [-0.2, -0.15) is 0 Å². The minimum atomic E-state index is -0.495. The predicted octanol–water partition coefficient (Wildman–Crippen LogP) is 2.21. The molecule has 5 heteroatoms. The first-order valence-corrected chi connectivity index (χ1v) is 8.96. The zero-order valence-electron chi connectivity index (χ0n) is 13.9. The van der Waals surface area contributed by atoms with Crippen LogP contribution in [0.15, 0.2) is 30.5 Å². The maximum absolute atomic E-state index is 13.0. The third-order valence-electron chi connectivity index (χ3n) is 5.45. The fourth-order valence-corrected chi connectivity index (χ4v) is 4.21. The number of benzene rings is 1. The van der Waals surface area contributed by atoms with Crippen LogP contribution in [-0.2, 0) is 16.0 Å². The molecule has 1 aromatic carbocycles. The summed E-state index contributed by atoms with van der Waals surface area (Å²) in [6, 6.07) is 7.86. The first-order valence-electron chi connectivity index (χ1n) is 8.96. The number of ether oxygens (including phenoxy) is 1. The van der Waals surface area contributed by atoms with Gasteiger partial charge in [-0.25, -0.2) is 0 Å². The highest BCUT2D eigenvalue weighted by Crippen LogP contribution is 2.29. The molecule has 4 rings (SSSR count). The van der Waals surface area contributed by atoms with E-state index >= 15 is 0 Å². The fourth-order valence-electron chi connectivity index (χ4n) is 4.21. The molecule has 2 fully saturated rings. The van der Waals surface area contributed by atoms with Crippen molar-refractivity contribution < 1.29 is 9.53 Å². The first kappa shape index (κ1) is 15.7. The summed E-state index contributed by atoms with van der Waals surface area (Å²) in [5, 5.41) is 1.15. The highest BCUT2D eigenvalue weighted by molar-refractivity contribution is 5.86. The van der Waals surface area contributed by atoms with E-state index < -0.39 is 6.04 Å². The summed E-state index contributed by atoms with van der Waals surface area (Å²) in [5.41, 5.74) is 8.51. The smallest absolute Gasteiger partial charge is 0.240 e. The number of H-pyrrole nitrogens is 1.